The van der Waals surface area contributed by atoms with Crippen LogP contribution in [0.2, 0.25) is 0 Å². The number of pyridine rings is 1. The summed E-state index contributed by atoms with van der Waals surface area (Å²) in [4.78, 5) is 22.1. The Morgan fingerprint density at radius 1 is 1.42 bits per heavy atom. The molecule has 7 heteroatoms. The first-order valence-corrected chi connectivity index (χ1v) is 8.13. The molecule has 3 heterocycles. The van der Waals surface area contributed by atoms with Gasteiger partial charge in [0, 0.05) is 30.3 Å². The molecule has 0 aliphatic carbocycles. The number of hydrogen-bond donors (Lipinski definition) is 1. The normalized spacial score (nSPS) is 18.6. The van der Waals surface area contributed by atoms with E-state index < -0.39 is 5.97 Å². The van der Waals surface area contributed by atoms with E-state index >= 15 is 0 Å². The highest BCUT2D eigenvalue weighted by Crippen LogP contribution is 2.27. The fraction of sp³-hybridized carbons (Fsp3) is 0.529. The third kappa shape index (κ3) is 3.39. The summed E-state index contributed by atoms with van der Waals surface area (Å²) in [6.45, 7) is 7.36. The quantitative estimate of drug-likeness (QED) is 0.925. The van der Waals surface area contributed by atoms with Gasteiger partial charge >= 0.3 is 5.97 Å². The highest BCUT2D eigenvalue weighted by molar-refractivity contribution is 5.71. The van der Waals surface area contributed by atoms with Gasteiger partial charge in [-0.25, -0.2) is 4.98 Å². The average Bonchev–Trinajstić information content (AvgIpc) is 3.05. The molecule has 1 aliphatic rings. The number of aromatic nitrogens is 3. The molecule has 1 saturated heterocycles. The van der Waals surface area contributed by atoms with E-state index in [2.05, 4.69) is 15.1 Å². The lowest BCUT2D eigenvalue weighted by atomic mass is 9.96. The van der Waals surface area contributed by atoms with Crippen molar-refractivity contribution in [1.29, 1.82) is 0 Å². The van der Waals surface area contributed by atoms with Crippen molar-refractivity contribution in [3.63, 3.8) is 0 Å². The molecule has 7 nitrogen and oxygen atoms in total. The summed E-state index contributed by atoms with van der Waals surface area (Å²) in [5, 5.41) is 13.3. The highest BCUT2D eigenvalue weighted by atomic mass is 16.5. The SMILES string of the molecule is CC(C)(C)c1noc(-c2ccnc(N3CCCC(C(=O)O)C3)c2)n1. The maximum atomic E-state index is 11.2. The second-order valence-corrected chi connectivity index (χ2v) is 7.20. The molecule has 1 atom stereocenters. The largest absolute Gasteiger partial charge is 0.481 e. The van der Waals surface area contributed by atoms with Crippen LogP contribution in [-0.4, -0.2) is 39.3 Å². The third-order valence-electron chi connectivity index (χ3n) is 4.18. The zero-order valence-corrected chi connectivity index (χ0v) is 14.2. The number of carboxylic acid groups (broad SMARTS) is 1. The van der Waals surface area contributed by atoms with Gasteiger partial charge < -0.3 is 14.5 Å². The maximum Gasteiger partial charge on any atom is 0.308 e. The lowest BCUT2D eigenvalue weighted by Crippen LogP contribution is -2.39. The van der Waals surface area contributed by atoms with Gasteiger partial charge in [0.2, 0.25) is 0 Å². The Morgan fingerprint density at radius 3 is 2.88 bits per heavy atom. The Labute approximate surface area is 140 Å². The Kier molecular flexibility index (Phi) is 4.26. The number of hydrogen-bond acceptors (Lipinski definition) is 6. The van der Waals surface area contributed by atoms with Gasteiger partial charge in [-0.05, 0) is 25.0 Å². The zero-order valence-electron chi connectivity index (χ0n) is 14.2. The lowest BCUT2D eigenvalue weighted by Gasteiger charge is -2.31. The van der Waals surface area contributed by atoms with Crippen molar-refractivity contribution >= 4 is 11.8 Å². The predicted octanol–water partition coefficient (Wildman–Crippen LogP) is 2.73. The predicted molar refractivity (Wildman–Crippen MR) is 88.8 cm³/mol. The van der Waals surface area contributed by atoms with E-state index in [1.54, 1.807) is 6.20 Å². The van der Waals surface area contributed by atoms with Crippen LogP contribution in [0.5, 0.6) is 0 Å². The summed E-state index contributed by atoms with van der Waals surface area (Å²) in [5.74, 6) is 0.756. The van der Waals surface area contributed by atoms with Crippen LogP contribution < -0.4 is 4.90 Å². The van der Waals surface area contributed by atoms with E-state index in [-0.39, 0.29) is 11.3 Å². The fourth-order valence-electron chi connectivity index (χ4n) is 2.76. The number of nitrogens with zero attached hydrogens (tertiary/aromatic N) is 4. The first-order valence-electron chi connectivity index (χ1n) is 8.13. The van der Waals surface area contributed by atoms with Gasteiger partial charge in [-0.3, -0.25) is 4.79 Å². The van der Waals surface area contributed by atoms with Crippen LogP contribution in [-0.2, 0) is 10.2 Å². The van der Waals surface area contributed by atoms with Crippen LogP contribution in [0, 0.1) is 5.92 Å². The first-order chi connectivity index (χ1) is 11.3. The van der Waals surface area contributed by atoms with E-state index in [0.717, 1.165) is 24.3 Å². The molecule has 0 aromatic carbocycles. The Bertz CT molecular complexity index is 735. The van der Waals surface area contributed by atoms with Gasteiger partial charge in [-0.15, -0.1) is 0 Å². The summed E-state index contributed by atoms with van der Waals surface area (Å²) >= 11 is 0. The number of piperidine rings is 1. The average molecular weight is 330 g/mol. The molecule has 1 unspecified atom stereocenters. The van der Waals surface area contributed by atoms with Crippen molar-refractivity contribution in [2.24, 2.45) is 5.92 Å². The second kappa shape index (κ2) is 6.22. The Balaban J connectivity index is 1.84. The van der Waals surface area contributed by atoms with Crippen LogP contribution >= 0.6 is 0 Å². The summed E-state index contributed by atoms with van der Waals surface area (Å²) in [5.41, 5.74) is 0.611. The molecule has 1 aliphatic heterocycles. The number of anilines is 1. The molecule has 0 radical (unpaired) electrons. The maximum absolute atomic E-state index is 11.2. The van der Waals surface area contributed by atoms with Gasteiger partial charge in [0.1, 0.15) is 5.82 Å². The molecule has 3 rings (SSSR count). The van der Waals surface area contributed by atoms with Crippen LogP contribution in [0.3, 0.4) is 0 Å². The van der Waals surface area contributed by atoms with Crippen molar-refractivity contribution in [2.75, 3.05) is 18.0 Å². The minimum Gasteiger partial charge on any atom is -0.481 e. The van der Waals surface area contributed by atoms with Crippen molar-refractivity contribution in [2.45, 2.75) is 39.0 Å². The van der Waals surface area contributed by atoms with Crippen molar-refractivity contribution < 1.29 is 14.4 Å². The highest BCUT2D eigenvalue weighted by Gasteiger charge is 2.27. The van der Waals surface area contributed by atoms with Gasteiger partial charge in [-0.2, -0.15) is 4.98 Å². The molecule has 1 fully saturated rings. The van der Waals surface area contributed by atoms with Crippen molar-refractivity contribution in [3.05, 3.63) is 24.2 Å². The Hall–Kier alpha value is -2.44. The van der Waals surface area contributed by atoms with Crippen molar-refractivity contribution in [1.82, 2.24) is 15.1 Å². The summed E-state index contributed by atoms with van der Waals surface area (Å²) in [6.07, 6.45) is 3.25. The number of rotatable bonds is 3. The molecular formula is C17H22N4O3. The first kappa shape index (κ1) is 16.4. The number of carbonyl (C=O) groups is 1. The summed E-state index contributed by atoms with van der Waals surface area (Å²) in [6, 6.07) is 3.70. The topological polar surface area (TPSA) is 92.4 Å². The molecule has 2 aromatic rings. The van der Waals surface area contributed by atoms with E-state index in [0.29, 0.717) is 24.7 Å². The molecule has 0 bridgehead atoms. The van der Waals surface area contributed by atoms with Gasteiger partial charge in [-0.1, -0.05) is 25.9 Å². The summed E-state index contributed by atoms with van der Waals surface area (Å²) < 4.78 is 5.38. The van der Waals surface area contributed by atoms with Crippen LogP contribution in [0.1, 0.15) is 39.4 Å². The zero-order chi connectivity index (χ0) is 17.3. The fourth-order valence-corrected chi connectivity index (χ4v) is 2.76. The van der Waals surface area contributed by atoms with Crippen molar-refractivity contribution in [3.8, 4) is 11.5 Å². The summed E-state index contributed by atoms with van der Waals surface area (Å²) in [7, 11) is 0. The number of carboxylic acids is 1. The second-order valence-electron chi connectivity index (χ2n) is 7.20. The van der Waals surface area contributed by atoms with E-state index in [1.807, 2.05) is 37.8 Å². The minimum atomic E-state index is -0.748. The Morgan fingerprint density at radius 2 is 2.21 bits per heavy atom. The molecule has 0 saturated carbocycles. The lowest BCUT2D eigenvalue weighted by molar-refractivity contribution is -0.141. The molecule has 2 aromatic heterocycles. The van der Waals surface area contributed by atoms with Crippen LogP contribution in [0.25, 0.3) is 11.5 Å². The molecule has 0 spiro atoms. The van der Waals surface area contributed by atoms with Gasteiger partial charge in [0.15, 0.2) is 5.82 Å². The van der Waals surface area contributed by atoms with E-state index in [9.17, 15) is 9.90 Å². The standard InChI is InChI=1S/C17H22N4O3/c1-17(2,3)16-19-14(24-20-16)11-6-7-18-13(9-11)21-8-4-5-12(10-21)15(22)23/h6-7,9,12H,4-5,8,10H2,1-3H3,(H,22,23). The minimum absolute atomic E-state index is 0.181. The van der Waals surface area contributed by atoms with E-state index in [4.69, 9.17) is 4.52 Å². The smallest absolute Gasteiger partial charge is 0.308 e. The number of aliphatic carboxylic acids is 1. The van der Waals surface area contributed by atoms with Gasteiger partial charge in [0.25, 0.3) is 5.89 Å². The third-order valence-corrected chi connectivity index (χ3v) is 4.18. The van der Waals surface area contributed by atoms with Gasteiger partial charge in [0.05, 0.1) is 5.92 Å². The molecule has 24 heavy (non-hydrogen) atoms. The molecular weight excluding hydrogens is 308 g/mol. The molecule has 0 amide bonds. The monoisotopic (exact) mass is 330 g/mol. The van der Waals surface area contributed by atoms with E-state index in [1.165, 1.54) is 0 Å². The molecule has 128 valence electrons. The van der Waals surface area contributed by atoms with Crippen LogP contribution in [0.4, 0.5) is 5.82 Å². The van der Waals surface area contributed by atoms with Crippen LogP contribution in [0.15, 0.2) is 22.9 Å². The molecule has 1 N–H and O–H groups in total.